The zero-order valence-corrected chi connectivity index (χ0v) is 10.9. The number of fused-ring (bicyclic) bond motifs is 1. The molecule has 18 heavy (non-hydrogen) atoms. The van der Waals surface area contributed by atoms with Crippen LogP contribution in [0.2, 0.25) is 0 Å². The van der Waals surface area contributed by atoms with E-state index in [0.717, 1.165) is 25.7 Å². The number of carbonyl (C=O) groups excluding carboxylic acids is 1. The van der Waals surface area contributed by atoms with Crippen LogP contribution < -0.4 is 0 Å². The van der Waals surface area contributed by atoms with E-state index in [0.29, 0.717) is 0 Å². The molecule has 102 valence electrons. The van der Waals surface area contributed by atoms with Gasteiger partial charge in [0, 0.05) is 12.8 Å². The molecule has 0 unspecified atom stereocenters. The number of esters is 1. The van der Waals surface area contributed by atoms with Crippen LogP contribution in [-0.4, -0.2) is 36.4 Å². The molecule has 5 nitrogen and oxygen atoms in total. The van der Waals surface area contributed by atoms with Crippen LogP contribution in [0.3, 0.4) is 0 Å². The third-order valence-corrected chi connectivity index (χ3v) is 3.75. The third kappa shape index (κ3) is 2.04. The summed E-state index contributed by atoms with van der Waals surface area (Å²) in [5, 5.41) is 0. The minimum absolute atomic E-state index is 0.00643. The first-order valence-electron chi connectivity index (χ1n) is 6.81. The summed E-state index contributed by atoms with van der Waals surface area (Å²) in [6, 6.07) is 0. The summed E-state index contributed by atoms with van der Waals surface area (Å²) in [4.78, 5) is 11.8. The largest absolute Gasteiger partial charge is 0.431 e. The van der Waals surface area contributed by atoms with Crippen molar-refractivity contribution in [3.63, 3.8) is 0 Å². The van der Waals surface area contributed by atoms with Crippen LogP contribution >= 0.6 is 0 Å². The molecule has 3 rings (SSSR count). The van der Waals surface area contributed by atoms with Gasteiger partial charge >= 0.3 is 5.97 Å². The molecule has 1 saturated carbocycles. The van der Waals surface area contributed by atoms with E-state index in [9.17, 15) is 4.79 Å². The van der Waals surface area contributed by atoms with Gasteiger partial charge in [-0.3, -0.25) is 0 Å². The van der Waals surface area contributed by atoms with Gasteiger partial charge in [0.1, 0.15) is 0 Å². The number of hydrogen-bond donors (Lipinski definition) is 0. The molecule has 0 radical (unpaired) electrons. The van der Waals surface area contributed by atoms with E-state index < -0.39 is 24.3 Å². The second kappa shape index (κ2) is 4.47. The van der Waals surface area contributed by atoms with Crippen molar-refractivity contribution in [2.45, 2.75) is 76.3 Å². The van der Waals surface area contributed by atoms with Crippen LogP contribution in [0.25, 0.3) is 0 Å². The van der Waals surface area contributed by atoms with Crippen LogP contribution in [0.15, 0.2) is 0 Å². The highest BCUT2D eigenvalue weighted by molar-refractivity contribution is 5.78. The van der Waals surface area contributed by atoms with Gasteiger partial charge in [-0.2, -0.15) is 0 Å². The second-order valence-electron chi connectivity index (χ2n) is 5.58. The van der Waals surface area contributed by atoms with Crippen LogP contribution in [0.4, 0.5) is 0 Å². The lowest BCUT2D eigenvalue weighted by molar-refractivity contribution is -0.246. The second-order valence-corrected chi connectivity index (χ2v) is 5.58. The first-order valence-corrected chi connectivity index (χ1v) is 6.81. The summed E-state index contributed by atoms with van der Waals surface area (Å²) in [5.41, 5.74) is 0. The molecule has 3 atom stereocenters. The minimum Gasteiger partial charge on any atom is -0.431 e. The van der Waals surface area contributed by atoms with Crippen LogP contribution in [-0.2, 0) is 23.7 Å². The molecule has 3 fully saturated rings. The van der Waals surface area contributed by atoms with Crippen molar-refractivity contribution >= 4 is 5.97 Å². The van der Waals surface area contributed by atoms with E-state index in [1.54, 1.807) is 0 Å². The van der Waals surface area contributed by atoms with Gasteiger partial charge in [0.15, 0.2) is 18.0 Å². The van der Waals surface area contributed by atoms with Crippen molar-refractivity contribution in [3.8, 4) is 0 Å². The monoisotopic (exact) mass is 256 g/mol. The fraction of sp³-hybridized carbons (Fsp3) is 0.923. The highest BCUT2D eigenvalue weighted by Crippen LogP contribution is 2.44. The molecule has 3 aliphatic rings. The molecule has 1 spiro atoms. The zero-order chi connectivity index (χ0) is 12.8. The molecule has 0 aromatic carbocycles. The molecule has 2 saturated heterocycles. The maximum atomic E-state index is 11.8. The van der Waals surface area contributed by atoms with Gasteiger partial charge in [-0.25, -0.2) is 4.79 Å². The Morgan fingerprint density at radius 3 is 2.61 bits per heavy atom. The van der Waals surface area contributed by atoms with E-state index in [1.807, 2.05) is 13.8 Å². The van der Waals surface area contributed by atoms with E-state index in [-0.39, 0.29) is 12.1 Å². The van der Waals surface area contributed by atoms with Gasteiger partial charge in [0.05, 0.1) is 6.10 Å². The lowest BCUT2D eigenvalue weighted by atomic mass is 9.94. The van der Waals surface area contributed by atoms with Crippen LogP contribution in [0.1, 0.15) is 46.0 Å². The van der Waals surface area contributed by atoms with Crippen molar-refractivity contribution in [1.82, 2.24) is 0 Å². The summed E-state index contributed by atoms with van der Waals surface area (Å²) in [6.07, 6.45) is 3.47. The normalized spacial score (nSPS) is 38.2. The van der Waals surface area contributed by atoms with Gasteiger partial charge in [0.25, 0.3) is 0 Å². The zero-order valence-electron chi connectivity index (χ0n) is 10.9. The number of ether oxygens (including phenoxy) is 4. The molecule has 2 aliphatic heterocycles. The lowest BCUT2D eigenvalue weighted by Gasteiger charge is -2.33. The van der Waals surface area contributed by atoms with Crippen molar-refractivity contribution < 1.29 is 23.7 Å². The topological polar surface area (TPSA) is 54.0 Å². The minimum atomic E-state index is -0.621. The Balaban J connectivity index is 1.73. The summed E-state index contributed by atoms with van der Waals surface area (Å²) in [7, 11) is 0. The van der Waals surface area contributed by atoms with Crippen molar-refractivity contribution in [2.24, 2.45) is 0 Å². The first kappa shape index (κ1) is 12.4. The molecular weight excluding hydrogens is 236 g/mol. The Labute approximate surface area is 107 Å². The average Bonchev–Trinajstić information content (AvgIpc) is 2.79. The molecular formula is C13H20O5. The standard InChI is InChI=1S/C13H20O5/c1-8(2)15-12-10-9(11(14)16-12)17-13(18-10)6-4-3-5-7-13/h8-10,12H,3-7H2,1-2H3/t9-,10+,12-/m1/s1. The maximum absolute atomic E-state index is 11.8. The van der Waals surface area contributed by atoms with Crippen LogP contribution in [0.5, 0.6) is 0 Å². The molecule has 0 aromatic rings. The molecule has 1 aliphatic carbocycles. The highest BCUT2D eigenvalue weighted by Gasteiger charge is 2.59. The Morgan fingerprint density at radius 1 is 1.22 bits per heavy atom. The van der Waals surface area contributed by atoms with E-state index in [2.05, 4.69) is 0 Å². The maximum Gasteiger partial charge on any atom is 0.340 e. The fourth-order valence-corrected chi connectivity index (χ4v) is 2.96. The van der Waals surface area contributed by atoms with Crippen LogP contribution in [0, 0.1) is 0 Å². The van der Waals surface area contributed by atoms with Gasteiger partial charge in [-0.15, -0.1) is 0 Å². The molecule has 2 heterocycles. The van der Waals surface area contributed by atoms with E-state index in [4.69, 9.17) is 18.9 Å². The fourth-order valence-electron chi connectivity index (χ4n) is 2.96. The first-order chi connectivity index (χ1) is 8.60. The summed E-state index contributed by atoms with van der Waals surface area (Å²) in [5.74, 6) is -0.917. The van der Waals surface area contributed by atoms with E-state index in [1.165, 1.54) is 6.42 Å². The summed E-state index contributed by atoms with van der Waals surface area (Å²) in [6.45, 7) is 3.82. The highest BCUT2D eigenvalue weighted by atomic mass is 16.8. The van der Waals surface area contributed by atoms with Crippen molar-refractivity contribution in [2.75, 3.05) is 0 Å². The number of hydrogen-bond acceptors (Lipinski definition) is 5. The van der Waals surface area contributed by atoms with Crippen molar-refractivity contribution in [1.29, 1.82) is 0 Å². The Morgan fingerprint density at radius 2 is 1.94 bits per heavy atom. The number of carbonyl (C=O) groups is 1. The molecule has 0 amide bonds. The quantitative estimate of drug-likeness (QED) is 0.704. The van der Waals surface area contributed by atoms with Crippen molar-refractivity contribution in [3.05, 3.63) is 0 Å². The predicted molar refractivity (Wildman–Crippen MR) is 61.7 cm³/mol. The summed E-state index contributed by atoms with van der Waals surface area (Å²) >= 11 is 0. The number of cyclic esters (lactones) is 1. The SMILES string of the molecule is CC(C)O[C@@H]1OC(=O)[C@@H]2OC3(CCCCC3)O[C@H]12. The Hall–Kier alpha value is -0.650. The van der Waals surface area contributed by atoms with Gasteiger partial charge in [-0.1, -0.05) is 6.42 Å². The average molecular weight is 256 g/mol. The Kier molecular flexibility index (Phi) is 3.08. The van der Waals surface area contributed by atoms with Gasteiger partial charge < -0.3 is 18.9 Å². The smallest absolute Gasteiger partial charge is 0.340 e. The predicted octanol–water partition coefficient (Wildman–Crippen LogP) is 1.74. The van der Waals surface area contributed by atoms with Gasteiger partial charge in [0.2, 0.25) is 6.29 Å². The Bertz CT molecular complexity index is 334. The number of rotatable bonds is 2. The third-order valence-electron chi connectivity index (χ3n) is 3.75. The summed E-state index contributed by atoms with van der Waals surface area (Å²) < 4.78 is 22.6. The lowest BCUT2D eigenvalue weighted by Crippen LogP contribution is -2.37. The molecule has 0 bridgehead atoms. The molecule has 5 heteroatoms. The molecule has 0 aromatic heterocycles. The van der Waals surface area contributed by atoms with E-state index >= 15 is 0 Å². The van der Waals surface area contributed by atoms with Gasteiger partial charge in [-0.05, 0) is 26.7 Å². The molecule has 0 N–H and O–H groups in total.